The summed E-state index contributed by atoms with van der Waals surface area (Å²) in [5, 5.41) is 12.5. The number of aliphatic imine (C=N–C) groups is 1. The molecule has 4 nitrogen and oxygen atoms in total. The van der Waals surface area contributed by atoms with Crippen LogP contribution in [-0.2, 0) is 10.8 Å². The topological polar surface area (TPSA) is 47.9 Å². The molecule has 1 aromatic carbocycles. The van der Waals surface area contributed by atoms with Crippen molar-refractivity contribution < 1.29 is 5.11 Å². The van der Waals surface area contributed by atoms with Crippen molar-refractivity contribution in [3.8, 4) is 0 Å². The summed E-state index contributed by atoms with van der Waals surface area (Å²) >= 11 is 0. The van der Waals surface area contributed by atoms with Crippen LogP contribution in [0.5, 0.6) is 0 Å². The largest absolute Gasteiger partial charge is 0.396 e. The van der Waals surface area contributed by atoms with Crippen LogP contribution in [0.2, 0.25) is 0 Å². The lowest BCUT2D eigenvalue weighted by molar-refractivity contribution is 0.283. The number of amidine groups is 1. The Bertz CT molecular complexity index is 821. The second-order valence-corrected chi connectivity index (χ2v) is 10.3. The van der Waals surface area contributed by atoms with Crippen LogP contribution in [0.3, 0.4) is 0 Å². The lowest BCUT2D eigenvalue weighted by Gasteiger charge is -2.42. The van der Waals surface area contributed by atoms with Gasteiger partial charge in [0.2, 0.25) is 0 Å². The molecule has 3 aliphatic rings. The molecule has 1 fully saturated rings. The lowest BCUT2D eigenvalue weighted by Crippen LogP contribution is -2.35. The van der Waals surface area contributed by atoms with Gasteiger partial charge >= 0.3 is 0 Å². The molecule has 1 unspecified atom stereocenters. The summed E-state index contributed by atoms with van der Waals surface area (Å²) in [5.41, 5.74) is 5.91. The van der Waals surface area contributed by atoms with E-state index in [9.17, 15) is 0 Å². The van der Waals surface area contributed by atoms with Gasteiger partial charge in [-0.2, -0.15) is 0 Å². The highest BCUT2D eigenvalue weighted by Crippen LogP contribution is 2.46. The van der Waals surface area contributed by atoms with Crippen molar-refractivity contribution in [2.24, 2.45) is 4.99 Å². The smallest absolute Gasteiger partial charge is 0.109 e. The van der Waals surface area contributed by atoms with E-state index < -0.39 is 0 Å². The standard InChI is InChI=1S/C25H37N3O/c1-24(2)11-12-25(3,4)21-16-18(6-7-20(21)24)22-8-9-23(27-22)28-14-10-19(17-28)26-13-5-15-29/h6-8,16,19,26,29H,5,9-15,17H2,1-4H3. The van der Waals surface area contributed by atoms with Gasteiger partial charge in [0, 0.05) is 37.7 Å². The number of fused-ring (bicyclic) bond motifs is 1. The minimum Gasteiger partial charge on any atom is -0.396 e. The highest BCUT2D eigenvalue weighted by Gasteiger charge is 2.37. The number of likely N-dealkylation sites (tertiary alicyclic amines) is 1. The molecule has 2 aliphatic heterocycles. The molecule has 0 amide bonds. The van der Waals surface area contributed by atoms with Crippen molar-refractivity contribution in [2.45, 2.75) is 76.7 Å². The first-order valence-corrected chi connectivity index (χ1v) is 11.3. The van der Waals surface area contributed by atoms with Gasteiger partial charge in [-0.25, -0.2) is 4.99 Å². The third-order valence-electron chi connectivity index (χ3n) is 7.20. The second-order valence-electron chi connectivity index (χ2n) is 10.3. The zero-order valence-electron chi connectivity index (χ0n) is 18.6. The Morgan fingerprint density at radius 1 is 1.14 bits per heavy atom. The van der Waals surface area contributed by atoms with Gasteiger partial charge < -0.3 is 15.3 Å². The van der Waals surface area contributed by atoms with Crippen LogP contribution in [0.15, 0.2) is 29.3 Å². The fourth-order valence-electron chi connectivity index (χ4n) is 5.10. The predicted octanol–water partition coefficient (Wildman–Crippen LogP) is 4.23. The first kappa shape index (κ1) is 20.6. The highest BCUT2D eigenvalue weighted by atomic mass is 16.3. The molecule has 2 N–H and O–H groups in total. The number of benzene rings is 1. The Morgan fingerprint density at radius 3 is 2.66 bits per heavy atom. The fraction of sp³-hybridized carbons (Fsp3) is 0.640. The van der Waals surface area contributed by atoms with E-state index in [-0.39, 0.29) is 17.4 Å². The molecule has 4 heteroatoms. The highest BCUT2D eigenvalue weighted by molar-refractivity contribution is 5.94. The molecule has 0 spiro atoms. The van der Waals surface area contributed by atoms with E-state index >= 15 is 0 Å². The average Bonchev–Trinajstić information content (AvgIpc) is 3.35. The Morgan fingerprint density at radius 2 is 1.90 bits per heavy atom. The predicted molar refractivity (Wildman–Crippen MR) is 121 cm³/mol. The molecule has 0 bridgehead atoms. The van der Waals surface area contributed by atoms with Crippen molar-refractivity contribution in [1.82, 2.24) is 10.2 Å². The summed E-state index contributed by atoms with van der Waals surface area (Å²) in [6, 6.07) is 7.57. The van der Waals surface area contributed by atoms with Gasteiger partial charge in [-0.1, -0.05) is 45.9 Å². The van der Waals surface area contributed by atoms with Crippen LogP contribution in [0.25, 0.3) is 5.70 Å². The Labute approximate surface area is 176 Å². The van der Waals surface area contributed by atoms with Crippen LogP contribution < -0.4 is 5.32 Å². The van der Waals surface area contributed by atoms with E-state index in [0.29, 0.717) is 6.04 Å². The molecule has 0 radical (unpaired) electrons. The van der Waals surface area contributed by atoms with Gasteiger partial charge in [0.05, 0.1) is 5.70 Å². The summed E-state index contributed by atoms with van der Waals surface area (Å²) < 4.78 is 0. The lowest BCUT2D eigenvalue weighted by atomic mass is 9.63. The third kappa shape index (κ3) is 4.15. The van der Waals surface area contributed by atoms with E-state index in [2.05, 4.69) is 62.2 Å². The molecule has 1 atom stereocenters. The number of aliphatic hydroxyl groups excluding tert-OH is 1. The van der Waals surface area contributed by atoms with Crippen molar-refractivity contribution in [2.75, 3.05) is 26.2 Å². The van der Waals surface area contributed by atoms with Crippen LogP contribution >= 0.6 is 0 Å². The molecule has 1 saturated heterocycles. The average molecular weight is 396 g/mol. The summed E-state index contributed by atoms with van der Waals surface area (Å²) in [5.74, 6) is 1.21. The molecule has 2 heterocycles. The van der Waals surface area contributed by atoms with Gasteiger partial charge in [0.25, 0.3) is 0 Å². The van der Waals surface area contributed by atoms with Crippen molar-refractivity contribution in [3.63, 3.8) is 0 Å². The minimum atomic E-state index is 0.231. The maximum Gasteiger partial charge on any atom is 0.109 e. The fourth-order valence-corrected chi connectivity index (χ4v) is 5.10. The molecule has 0 aromatic heterocycles. The summed E-state index contributed by atoms with van der Waals surface area (Å²) in [6.45, 7) is 12.8. The molecule has 4 rings (SSSR count). The Kier molecular flexibility index (Phi) is 5.60. The number of hydrogen-bond acceptors (Lipinski definition) is 4. The number of hydrogen-bond donors (Lipinski definition) is 2. The second kappa shape index (κ2) is 7.88. The van der Waals surface area contributed by atoms with Crippen LogP contribution in [0.4, 0.5) is 0 Å². The van der Waals surface area contributed by atoms with Crippen LogP contribution in [-0.4, -0.2) is 48.1 Å². The number of nitrogens with zero attached hydrogens (tertiary/aromatic N) is 2. The molecule has 29 heavy (non-hydrogen) atoms. The van der Waals surface area contributed by atoms with E-state index in [1.54, 1.807) is 0 Å². The number of aliphatic hydroxyl groups is 1. The number of rotatable bonds is 5. The van der Waals surface area contributed by atoms with Gasteiger partial charge in [-0.3, -0.25) is 0 Å². The van der Waals surface area contributed by atoms with Crippen molar-refractivity contribution in [1.29, 1.82) is 0 Å². The van der Waals surface area contributed by atoms with Gasteiger partial charge in [-0.05, 0) is 60.3 Å². The van der Waals surface area contributed by atoms with E-state index in [0.717, 1.165) is 44.6 Å². The van der Waals surface area contributed by atoms with Crippen molar-refractivity contribution >= 4 is 11.5 Å². The zero-order valence-corrected chi connectivity index (χ0v) is 18.6. The van der Waals surface area contributed by atoms with Gasteiger partial charge in [-0.15, -0.1) is 0 Å². The van der Waals surface area contributed by atoms with Gasteiger partial charge in [0.1, 0.15) is 5.84 Å². The summed E-state index contributed by atoms with van der Waals surface area (Å²) in [6.07, 6.45) is 7.70. The monoisotopic (exact) mass is 395 g/mol. The van der Waals surface area contributed by atoms with E-state index in [1.165, 1.54) is 35.4 Å². The molecule has 158 valence electrons. The van der Waals surface area contributed by atoms with Crippen LogP contribution in [0, 0.1) is 0 Å². The molecule has 1 aliphatic carbocycles. The van der Waals surface area contributed by atoms with E-state index in [4.69, 9.17) is 10.1 Å². The quantitative estimate of drug-likeness (QED) is 0.734. The summed E-state index contributed by atoms with van der Waals surface area (Å²) in [7, 11) is 0. The minimum absolute atomic E-state index is 0.231. The SMILES string of the molecule is CC1(C)CCC(C)(C)c2cc(C3=CCC(N4CCC(NCCCO)C4)=N3)ccc21. The molecular weight excluding hydrogens is 358 g/mol. The summed E-state index contributed by atoms with van der Waals surface area (Å²) in [4.78, 5) is 7.48. The van der Waals surface area contributed by atoms with E-state index in [1.807, 2.05) is 0 Å². The van der Waals surface area contributed by atoms with Crippen LogP contribution in [0.1, 0.15) is 76.5 Å². The zero-order chi connectivity index (χ0) is 20.6. The van der Waals surface area contributed by atoms with Crippen molar-refractivity contribution in [3.05, 3.63) is 41.0 Å². The Hall–Kier alpha value is -1.65. The third-order valence-corrected chi connectivity index (χ3v) is 7.20. The molecular formula is C25H37N3O. The Balaban J connectivity index is 1.49. The molecule has 0 saturated carbocycles. The maximum atomic E-state index is 8.96. The first-order chi connectivity index (χ1) is 13.8. The first-order valence-electron chi connectivity index (χ1n) is 11.3. The number of nitrogens with one attached hydrogen (secondary N) is 1. The van der Waals surface area contributed by atoms with Gasteiger partial charge in [0.15, 0.2) is 0 Å². The maximum absolute atomic E-state index is 8.96. The molecule has 1 aromatic rings. The normalized spacial score (nSPS) is 25.0.